The van der Waals surface area contributed by atoms with Crippen molar-refractivity contribution < 1.29 is 32.4 Å². The van der Waals surface area contributed by atoms with Gasteiger partial charge in [0, 0.05) is 24.6 Å². The molecule has 4 rings (SSSR count). The van der Waals surface area contributed by atoms with Crippen molar-refractivity contribution in [3.63, 3.8) is 0 Å². The molecule has 1 atom stereocenters. The topological polar surface area (TPSA) is 166 Å². The number of carbonyl (C=O) groups is 2. The van der Waals surface area contributed by atoms with E-state index in [4.69, 9.17) is 9.47 Å². The number of alkyl carbamates (subject to hydrolysis) is 1. The molecule has 0 aliphatic carbocycles. The lowest BCUT2D eigenvalue weighted by molar-refractivity contribution is -0.384. The third kappa shape index (κ3) is 11.6. The second kappa shape index (κ2) is 16.6. The summed E-state index contributed by atoms with van der Waals surface area (Å²) in [7, 11) is -4.61. The number of carbonyl (C=O) groups excluding carboxylic acids is 2. The van der Waals surface area contributed by atoms with Gasteiger partial charge in [0.05, 0.1) is 9.82 Å². The number of aryl methyl sites for hydroxylation is 1. The summed E-state index contributed by atoms with van der Waals surface area (Å²) in [5.41, 5.74) is 1.64. The number of benzene rings is 4. The van der Waals surface area contributed by atoms with Crippen LogP contribution in [-0.4, -0.2) is 43.5 Å². The van der Waals surface area contributed by atoms with Gasteiger partial charge in [-0.1, -0.05) is 72.8 Å². The Balaban J connectivity index is 1.45. The standard InChI is InChI=1S/C36H40N4O8S/c1-36(2,3)38-35(42)48-33(23-27-16-18-29(19-17-27)47-25-28-13-8-5-9-14-28)34(41)39-49(45,46)30-20-21-31(32(24-30)40(43)44)37-22-10-15-26-11-6-4-7-12-26/h4-9,11-14,16-21,24,33,37H,10,15,22-23,25H2,1-3H3,(H,38,42)(H,39,41)/t33-/m0/s1. The van der Waals surface area contributed by atoms with Crippen LogP contribution in [0.15, 0.2) is 108 Å². The monoisotopic (exact) mass is 688 g/mol. The molecule has 0 aliphatic heterocycles. The minimum Gasteiger partial charge on any atom is -0.489 e. The summed E-state index contributed by atoms with van der Waals surface area (Å²) in [6.07, 6.45) is -1.21. The number of nitro benzene ring substituents is 1. The summed E-state index contributed by atoms with van der Waals surface area (Å²) in [4.78, 5) is 36.7. The Bertz CT molecular complexity index is 1830. The molecule has 0 fully saturated rings. The zero-order valence-electron chi connectivity index (χ0n) is 27.5. The molecule has 0 saturated heterocycles. The number of amides is 2. The molecule has 12 nitrogen and oxygen atoms in total. The third-order valence-electron chi connectivity index (χ3n) is 7.12. The first-order valence-corrected chi connectivity index (χ1v) is 17.1. The number of ether oxygens (including phenoxy) is 2. The highest BCUT2D eigenvalue weighted by Gasteiger charge is 2.30. The number of hydrogen-bond donors (Lipinski definition) is 3. The van der Waals surface area contributed by atoms with Crippen LogP contribution in [0.5, 0.6) is 5.75 Å². The van der Waals surface area contributed by atoms with Crippen molar-refractivity contribution in [3.05, 3.63) is 130 Å². The molecule has 0 aromatic heterocycles. The maximum Gasteiger partial charge on any atom is 0.408 e. The maximum absolute atomic E-state index is 13.4. The predicted octanol–water partition coefficient (Wildman–Crippen LogP) is 6.16. The van der Waals surface area contributed by atoms with E-state index < -0.39 is 49.2 Å². The van der Waals surface area contributed by atoms with E-state index in [2.05, 4.69) is 10.6 Å². The number of hydrogen-bond acceptors (Lipinski definition) is 9. The molecular weight excluding hydrogens is 648 g/mol. The van der Waals surface area contributed by atoms with Crippen LogP contribution in [-0.2, 0) is 39.0 Å². The molecule has 4 aromatic carbocycles. The molecule has 0 spiro atoms. The fourth-order valence-electron chi connectivity index (χ4n) is 4.73. The first kappa shape index (κ1) is 36.4. The van der Waals surface area contributed by atoms with E-state index in [9.17, 15) is 28.1 Å². The van der Waals surface area contributed by atoms with Gasteiger partial charge in [-0.15, -0.1) is 0 Å². The molecule has 258 valence electrons. The van der Waals surface area contributed by atoms with Gasteiger partial charge in [0.25, 0.3) is 21.6 Å². The van der Waals surface area contributed by atoms with Crippen molar-refractivity contribution in [2.75, 3.05) is 11.9 Å². The van der Waals surface area contributed by atoms with E-state index in [1.807, 2.05) is 65.4 Å². The highest BCUT2D eigenvalue weighted by molar-refractivity contribution is 7.90. The summed E-state index contributed by atoms with van der Waals surface area (Å²) in [5.74, 6) is -0.558. The average Bonchev–Trinajstić information content (AvgIpc) is 3.06. The van der Waals surface area contributed by atoms with Crippen LogP contribution in [0.2, 0.25) is 0 Å². The summed E-state index contributed by atoms with van der Waals surface area (Å²) in [6.45, 7) is 5.92. The summed E-state index contributed by atoms with van der Waals surface area (Å²) >= 11 is 0. The number of nitrogens with one attached hydrogen (secondary N) is 3. The van der Waals surface area contributed by atoms with Gasteiger partial charge in [-0.25, -0.2) is 17.9 Å². The molecule has 0 radical (unpaired) electrons. The summed E-state index contributed by atoms with van der Waals surface area (Å²) in [5, 5.41) is 17.5. The van der Waals surface area contributed by atoms with Gasteiger partial charge in [0.1, 0.15) is 18.0 Å². The van der Waals surface area contributed by atoms with Crippen molar-refractivity contribution in [3.8, 4) is 5.75 Å². The van der Waals surface area contributed by atoms with Gasteiger partial charge >= 0.3 is 6.09 Å². The molecule has 0 unspecified atom stereocenters. The molecule has 2 amide bonds. The average molecular weight is 689 g/mol. The van der Waals surface area contributed by atoms with Gasteiger partial charge in [-0.2, -0.15) is 0 Å². The molecule has 49 heavy (non-hydrogen) atoms. The Morgan fingerprint density at radius 1 is 0.857 bits per heavy atom. The lowest BCUT2D eigenvalue weighted by atomic mass is 10.1. The third-order valence-corrected chi connectivity index (χ3v) is 8.47. The molecule has 0 saturated carbocycles. The lowest BCUT2D eigenvalue weighted by Gasteiger charge is -2.23. The molecular formula is C36H40N4O8S. The van der Waals surface area contributed by atoms with E-state index in [0.29, 0.717) is 30.9 Å². The van der Waals surface area contributed by atoms with E-state index in [1.54, 1.807) is 45.0 Å². The number of nitrogens with zero attached hydrogens (tertiary/aromatic N) is 1. The summed E-state index contributed by atoms with van der Waals surface area (Å²) < 4.78 is 39.7. The molecule has 13 heteroatoms. The Morgan fingerprint density at radius 2 is 1.49 bits per heavy atom. The smallest absolute Gasteiger partial charge is 0.408 e. The molecule has 0 bridgehead atoms. The predicted molar refractivity (Wildman–Crippen MR) is 186 cm³/mol. The van der Waals surface area contributed by atoms with Gasteiger partial charge in [0.15, 0.2) is 6.10 Å². The summed E-state index contributed by atoms with van der Waals surface area (Å²) in [6, 6.07) is 29.4. The number of anilines is 1. The van der Waals surface area contributed by atoms with Crippen LogP contribution in [0.25, 0.3) is 0 Å². The Morgan fingerprint density at radius 3 is 2.10 bits per heavy atom. The van der Waals surface area contributed by atoms with Crippen molar-refractivity contribution in [2.24, 2.45) is 0 Å². The van der Waals surface area contributed by atoms with Crippen LogP contribution < -0.4 is 20.1 Å². The second-order valence-electron chi connectivity index (χ2n) is 12.3. The highest BCUT2D eigenvalue weighted by Crippen LogP contribution is 2.28. The van der Waals surface area contributed by atoms with E-state index in [-0.39, 0.29) is 12.1 Å². The van der Waals surface area contributed by atoms with Crippen LogP contribution in [0, 0.1) is 10.1 Å². The molecule has 0 aliphatic rings. The first-order valence-electron chi connectivity index (χ1n) is 15.7. The number of nitro groups is 1. The van der Waals surface area contributed by atoms with Crippen LogP contribution in [0.1, 0.15) is 43.9 Å². The molecule has 0 heterocycles. The van der Waals surface area contributed by atoms with Gasteiger partial charge in [0.2, 0.25) is 0 Å². The highest BCUT2D eigenvalue weighted by atomic mass is 32.2. The van der Waals surface area contributed by atoms with Crippen molar-refractivity contribution >= 4 is 33.4 Å². The van der Waals surface area contributed by atoms with Gasteiger partial charge in [-0.05, 0) is 74.6 Å². The van der Waals surface area contributed by atoms with E-state index in [1.165, 1.54) is 12.1 Å². The van der Waals surface area contributed by atoms with E-state index in [0.717, 1.165) is 23.6 Å². The maximum atomic E-state index is 13.4. The number of rotatable bonds is 15. The van der Waals surface area contributed by atoms with Crippen LogP contribution in [0.4, 0.5) is 16.2 Å². The van der Waals surface area contributed by atoms with E-state index >= 15 is 0 Å². The van der Waals surface area contributed by atoms with Crippen LogP contribution in [0.3, 0.4) is 0 Å². The van der Waals surface area contributed by atoms with Crippen molar-refractivity contribution in [1.29, 1.82) is 0 Å². The fraction of sp³-hybridized carbons (Fsp3) is 0.278. The van der Waals surface area contributed by atoms with Gasteiger partial charge < -0.3 is 20.1 Å². The largest absolute Gasteiger partial charge is 0.489 e. The molecule has 3 N–H and O–H groups in total. The lowest BCUT2D eigenvalue weighted by Crippen LogP contribution is -2.47. The Hall–Kier alpha value is -5.43. The first-order chi connectivity index (χ1) is 23.3. The molecule has 4 aromatic rings. The Kier molecular flexibility index (Phi) is 12.3. The van der Waals surface area contributed by atoms with Crippen LogP contribution >= 0.6 is 0 Å². The zero-order valence-corrected chi connectivity index (χ0v) is 28.4. The van der Waals surface area contributed by atoms with Gasteiger partial charge in [-0.3, -0.25) is 14.9 Å². The van der Waals surface area contributed by atoms with Crippen molar-refractivity contribution in [1.82, 2.24) is 10.0 Å². The van der Waals surface area contributed by atoms with Crippen molar-refractivity contribution in [2.45, 2.75) is 63.2 Å². The zero-order chi connectivity index (χ0) is 35.4. The second-order valence-corrected chi connectivity index (χ2v) is 14.0. The fourth-order valence-corrected chi connectivity index (χ4v) is 5.75. The number of sulfonamides is 1. The quantitative estimate of drug-likeness (QED) is 0.0753. The normalized spacial score (nSPS) is 12.0. The Labute approximate surface area is 286 Å². The minimum atomic E-state index is -4.61. The minimum absolute atomic E-state index is 0.139. The SMILES string of the molecule is CC(C)(C)NC(=O)O[C@@H](Cc1ccc(OCc2ccccc2)cc1)C(=O)NS(=O)(=O)c1ccc(NCCCc2ccccc2)c([N+](=O)[O-])c1.